The van der Waals surface area contributed by atoms with Gasteiger partial charge in [-0.2, -0.15) is 0 Å². The summed E-state index contributed by atoms with van der Waals surface area (Å²) in [4.78, 5) is 0. The molecule has 0 bridgehead atoms. The van der Waals surface area contributed by atoms with Crippen molar-refractivity contribution in [3.63, 3.8) is 0 Å². The highest BCUT2D eigenvalue weighted by molar-refractivity contribution is 7.90. The molecule has 1 rings (SSSR count). The van der Waals surface area contributed by atoms with Gasteiger partial charge in [-0.05, 0) is 44.6 Å². The van der Waals surface area contributed by atoms with Crippen LogP contribution >= 0.6 is 0 Å². The summed E-state index contributed by atoms with van der Waals surface area (Å²) in [7, 11) is -0.810. The standard InChI is InChI=1S/C11H23NO2S/c1-9(10-6-7-10)11(12-2)5-4-8-15(3,13)14/h9-12H,4-8H2,1-3H3. The molecule has 0 saturated heterocycles. The van der Waals surface area contributed by atoms with Crippen LogP contribution in [0.25, 0.3) is 0 Å². The van der Waals surface area contributed by atoms with E-state index in [1.807, 2.05) is 7.05 Å². The summed E-state index contributed by atoms with van der Waals surface area (Å²) in [5.74, 6) is 1.89. The lowest BCUT2D eigenvalue weighted by molar-refractivity contribution is 0.340. The number of hydrogen-bond acceptors (Lipinski definition) is 3. The van der Waals surface area contributed by atoms with Crippen LogP contribution in [0.2, 0.25) is 0 Å². The highest BCUT2D eigenvalue weighted by atomic mass is 32.2. The summed E-state index contributed by atoms with van der Waals surface area (Å²) in [5.41, 5.74) is 0. The molecule has 90 valence electrons. The Bertz CT molecular complexity index is 283. The van der Waals surface area contributed by atoms with Gasteiger partial charge in [-0.25, -0.2) is 8.42 Å². The van der Waals surface area contributed by atoms with Crippen LogP contribution in [0.1, 0.15) is 32.6 Å². The van der Waals surface area contributed by atoms with E-state index >= 15 is 0 Å². The van der Waals surface area contributed by atoms with Crippen molar-refractivity contribution in [3.8, 4) is 0 Å². The molecule has 0 aromatic heterocycles. The van der Waals surface area contributed by atoms with E-state index in [1.165, 1.54) is 19.1 Å². The van der Waals surface area contributed by atoms with Gasteiger partial charge in [0, 0.05) is 18.1 Å². The zero-order valence-electron chi connectivity index (χ0n) is 9.99. The number of rotatable bonds is 7. The molecule has 0 aliphatic heterocycles. The monoisotopic (exact) mass is 233 g/mol. The van der Waals surface area contributed by atoms with Crippen molar-refractivity contribution in [1.29, 1.82) is 0 Å². The molecule has 1 fully saturated rings. The second-order valence-corrected chi connectivity index (χ2v) is 7.12. The van der Waals surface area contributed by atoms with Crippen LogP contribution in [-0.4, -0.2) is 33.5 Å². The van der Waals surface area contributed by atoms with Gasteiger partial charge >= 0.3 is 0 Å². The lowest BCUT2D eigenvalue weighted by atomic mass is 9.93. The molecule has 4 heteroatoms. The lowest BCUT2D eigenvalue weighted by Gasteiger charge is -2.23. The number of nitrogens with one attached hydrogen (secondary N) is 1. The molecule has 0 aromatic rings. The molecule has 1 aliphatic rings. The Labute approximate surface area is 93.6 Å². The molecule has 0 aromatic carbocycles. The molecule has 1 saturated carbocycles. The van der Waals surface area contributed by atoms with Gasteiger partial charge in [-0.3, -0.25) is 0 Å². The van der Waals surface area contributed by atoms with Crippen molar-refractivity contribution in [2.45, 2.75) is 38.6 Å². The summed E-state index contributed by atoms with van der Waals surface area (Å²) in [5, 5.41) is 3.31. The van der Waals surface area contributed by atoms with Crippen LogP contribution < -0.4 is 5.32 Å². The van der Waals surface area contributed by atoms with Gasteiger partial charge in [0.25, 0.3) is 0 Å². The number of sulfone groups is 1. The summed E-state index contributed by atoms with van der Waals surface area (Å²) in [6, 6.07) is 0.485. The molecule has 0 spiro atoms. The molecule has 2 unspecified atom stereocenters. The normalized spacial score (nSPS) is 21.3. The first-order valence-corrected chi connectivity index (χ1v) is 7.85. The van der Waals surface area contributed by atoms with Crippen molar-refractivity contribution < 1.29 is 8.42 Å². The van der Waals surface area contributed by atoms with Gasteiger partial charge in [-0.1, -0.05) is 6.92 Å². The minimum atomic E-state index is -2.79. The fourth-order valence-corrected chi connectivity index (χ4v) is 2.88. The van der Waals surface area contributed by atoms with Crippen LogP contribution in [-0.2, 0) is 9.84 Å². The van der Waals surface area contributed by atoms with E-state index in [2.05, 4.69) is 12.2 Å². The third-order valence-electron chi connectivity index (χ3n) is 3.40. The van der Waals surface area contributed by atoms with E-state index in [4.69, 9.17) is 0 Å². The average molecular weight is 233 g/mol. The Morgan fingerprint density at radius 3 is 2.40 bits per heavy atom. The molecular formula is C11H23NO2S. The molecule has 0 heterocycles. The number of hydrogen-bond donors (Lipinski definition) is 1. The third kappa shape index (κ3) is 4.98. The first-order valence-electron chi connectivity index (χ1n) is 5.79. The van der Waals surface area contributed by atoms with Crippen molar-refractivity contribution in [2.24, 2.45) is 11.8 Å². The van der Waals surface area contributed by atoms with Gasteiger partial charge in [0.2, 0.25) is 0 Å². The van der Waals surface area contributed by atoms with Gasteiger partial charge in [-0.15, -0.1) is 0 Å². The highest BCUT2D eigenvalue weighted by Gasteiger charge is 2.32. The van der Waals surface area contributed by atoms with Gasteiger partial charge in [0.1, 0.15) is 9.84 Å². The maximum absolute atomic E-state index is 11.0. The SMILES string of the molecule is CNC(CCCS(C)(=O)=O)C(C)C1CC1. The van der Waals surface area contributed by atoms with Crippen LogP contribution in [0.15, 0.2) is 0 Å². The molecule has 2 atom stereocenters. The Kier molecular flexibility index (Phi) is 4.59. The van der Waals surface area contributed by atoms with Crippen molar-refractivity contribution in [2.75, 3.05) is 19.1 Å². The highest BCUT2D eigenvalue weighted by Crippen LogP contribution is 2.38. The zero-order chi connectivity index (χ0) is 11.5. The predicted molar refractivity (Wildman–Crippen MR) is 63.7 cm³/mol. The summed E-state index contributed by atoms with van der Waals surface area (Å²) in [6.07, 6.45) is 5.77. The Hall–Kier alpha value is -0.0900. The molecule has 0 radical (unpaired) electrons. The summed E-state index contributed by atoms with van der Waals surface area (Å²) >= 11 is 0. The van der Waals surface area contributed by atoms with Gasteiger partial charge in [0.05, 0.1) is 0 Å². The lowest BCUT2D eigenvalue weighted by Crippen LogP contribution is -2.33. The largest absolute Gasteiger partial charge is 0.317 e. The molecule has 1 aliphatic carbocycles. The van der Waals surface area contributed by atoms with Crippen LogP contribution in [0, 0.1) is 11.8 Å². The van der Waals surface area contributed by atoms with Crippen LogP contribution in [0.5, 0.6) is 0 Å². The molecule has 0 amide bonds. The average Bonchev–Trinajstić information content (AvgIpc) is 2.92. The minimum absolute atomic E-state index is 0.322. The van der Waals surface area contributed by atoms with Crippen molar-refractivity contribution >= 4 is 9.84 Å². The van der Waals surface area contributed by atoms with E-state index < -0.39 is 9.84 Å². The molecule has 15 heavy (non-hydrogen) atoms. The second kappa shape index (κ2) is 5.30. The van der Waals surface area contributed by atoms with Crippen LogP contribution in [0.4, 0.5) is 0 Å². The molecular weight excluding hydrogens is 210 g/mol. The zero-order valence-corrected chi connectivity index (χ0v) is 10.8. The van der Waals surface area contributed by atoms with E-state index in [0.717, 1.165) is 18.8 Å². The first kappa shape index (κ1) is 13.0. The van der Waals surface area contributed by atoms with Gasteiger partial charge in [0.15, 0.2) is 0 Å². The fourth-order valence-electron chi connectivity index (χ4n) is 2.19. The summed E-state index contributed by atoms with van der Waals surface area (Å²) < 4.78 is 22.0. The second-order valence-electron chi connectivity index (χ2n) is 4.86. The minimum Gasteiger partial charge on any atom is -0.317 e. The Balaban J connectivity index is 2.27. The molecule has 1 N–H and O–H groups in total. The smallest absolute Gasteiger partial charge is 0.147 e. The first-order chi connectivity index (χ1) is 6.94. The van der Waals surface area contributed by atoms with E-state index in [1.54, 1.807) is 0 Å². The quantitative estimate of drug-likeness (QED) is 0.724. The van der Waals surface area contributed by atoms with Crippen molar-refractivity contribution in [3.05, 3.63) is 0 Å². The Morgan fingerprint density at radius 2 is 2.00 bits per heavy atom. The predicted octanol–water partition coefficient (Wildman–Crippen LogP) is 1.45. The molecule has 3 nitrogen and oxygen atoms in total. The maximum atomic E-state index is 11.0. The topological polar surface area (TPSA) is 46.2 Å². The fraction of sp³-hybridized carbons (Fsp3) is 1.00. The van der Waals surface area contributed by atoms with Gasteiger partial charge < -0.3 is 5.32 Å². The Morgan fingerprint density at radius 1 is 1.40 bits per heavy atom. The van der Waals surface area contributed by atoms with E-state index in [0.29, 0.717) is 17.7 Å². The van der Waals surface area contributed by atoms with Crippen LogP contribution in [0.3, 0.4) is 0 Å². The summed E-state index contributed by atoms with van der Waals surface area (Å²) in [6.45, 7) is 2.28. The van der Waals surface area contributed by atoms with Crippen molar-refractivity contribution in [1.82, 2.24) is 5.32 Å². The van der Waals surface area contributed by atoms with E-state index in [9.17, 15) is 8.42 Å². The van der Waals surface area contributed by atoms with E-state index in [-0.39, 0.29) is 0 Å². The third-order valence-corrected chi connectivity index (χ3v) is 4.43. The maximum Gasteiger partial charge on any atom is 0.147 e.